The summed E-state index contributed by atoms with van der Waals surface area (Å²) in [5.74, 6) is -0.235. The highest BCUT2D eigenvalue weighted by atomic mass is 35.5. The molecule has 0 radical (unpaired) electrons. The predicted octanol–water partition coefficient (Wildman–Crippen LogP) is 2.86. The molecular weight excluding hydrogens is 379 g/mol. The van der Waals surface area contributed by atoms with Crippen molar-refractivity contribution in [1.82, 2.24) is 25.5 Å². The molecule has 0 aliphatic heterocycles. The lowest BCUT2D eigenvalue weighted by Gasteiger charge is -2.05. The van der Waals surface area contributed by atoms with E-state index in [4.69, 9.17) is 35.4 Å². The summed E-state index contributed by atoms with van der Waals surface area (Å²) in [6, 6.07) is 5.24. The van der Waals surface area contributed by atoms with Crippen LogP contribution >= 0.6 is 46.8 Å². The number of aryl methyl sites for hydroxylation is 1. The fourth-order valence-electron chi connectivity index (χ4n) is 1.81. The molecule has 0 saturated heterocycles. The van der Waals surface area contributed by atoms with Crippen LogP contribution in [0.15, 0.2) is 18.2 Å². The number of carbonyl (C=O) groups is 1. The first kappa shape index (κ1) is 16.1. The number of hydrogen-bond acceptors (Lipinski definition) is 6. The quantitative estimate of drug-likeness (QED) is 0.658. The fraction of sp³-hybridized carbons (Fsp3) is 0.0833. The molecule has 2 N–H and O–H groups in total. The maximum Gasteiger partial charge on any atom is 0.269 e. The third-order valence-corrected chi connectivity index (χ3v) is 4.85. The molecular formula is C12H8Cl2N6OS2. The first-order valence-electron chi connectivity index (χ1n) is 6.18. The number of carbonyl (C=O) groups excluding carboxylic acids is 1. The summed E-state index contributed by atoms with van der Waals surface area (Å²) in [7, 11) is 1.61. The summed E-state index contributed by atoms with van der Waals surface area (Å²) >= 11 is 18.5. The van der Waals surface area contributed by atoms with E-state index in [-0.39, 0.29) is 11.1 Å². The minimum atomic E-state index is -0.422. The number of amides is 1. The number of aromatic nitrogens is 4. The molecule has 3 rings (SSSR count). The number of nitrogens with zero attached hydrogens (tertiary/aromatic N) is 4. The first-order valence-corrected chi connectivity index (χ1v) is 8.16. The van der Waals surface area contributed by atoms with E-state index in [9.17, 15) is 4.79 Å². The number of tetrazole rings is 1. The lowest BCUT2D eigenvalue weighted by molar-refractivity contribution is 0.0982. The molecule has 23 heavy (non-hydrogen) atoms. The lowest BCUT2D eigenvalue weighted by atomic mass is 10.2. The van der Waals surface area contributed by atoms with E-state index < -0.39 is 5.91 Å². The minimum absolute atomic E-state index is 0.0505. The van der Waals surface area contributed by atoms with Crippen LogP contribution in [0.3, 0.4) is 0 Å². The van der Waals surface area contributed by atoms with Crippen LogP contribution < -0.4 is 10.6 Å². The van der Waals surface area contributed by atoms with Gasteiger partial charge in [-0.25, -0.2) is 0 Å². The van der Waals surface area contributed by atoms with Crippen LogP contribution in [0, 0.1) is 0 Å². The number of thiophene rings is 1. The summed E-state index contributed by atoms with van der Waals surface area (Å²) in [5.41, 5.74) is 0. The molecule has 0 aliphatic carbocycles. The van der Waals surface area contributed by atoms with Crippen LogP contribution in [0.1, 0.15) is 9.67 Å². The van der Waals surface area contributed by atoms with Crippen LogP contribution in [-0.2, 0) is 7.05 Å². The molecule has 2 aromatic heterocycles. The average Bonchev–Trinajstić information content (AvgIpc) is 3.02. The Bertz CT molecular complexity index is 922. The molecule has 0 spiro atoms. The van der Waals surface area contributed by atoms with Crippen molar-refractivity contribution in [2.45, 2.75) is 0 Å². The van der Waals surface area contributed by atoms with Gasteiger partial charge in [-0.3, -0.25) is 15.4 Å². The summed E-state index contributed by atoms with van der Waals surface area (Å²) in [6.45, 7) is 0. The van der Waals surface area contributed by atoms with Gasteiger partial charge in [0.15, 0.2) is 5.11 Å². The normalized spacial score (nSPS) is 10.7. The Balaban J connectivity index is 1.77. The third kappa shape index (κ3) is 3.42. The number of hydrogen-bond donors (Lipinski definition) is 2. The van der Waals surface area contributed by atoms with Gasteiger partial charge in [-0.2, -0.15) is 4.80 Å². The van der Waals surface area contributed by atoms with Gasteiger partial charge >= 0.3 is 0 Å². The van der Waals surface area contributed by atoms with Gasteiger partial charge in [0.1, 0.15) is 4.88 Å². The van der Waals surface area contributed by atoms with E-state index in [0.717, 1.165) is 10.1 Å². The van der Waals surface area contributed by atoms with Crippen molar-refractivity contribution in [2.75, 3.05) is 5.32 Å². The number of fused-ring (bicyclic) bond motifs is 1. The molecule has 0 unspecified atom stereocenters. The van der Waals surface area contributed by atoms with Crippen LogP contribution in [0.5, 0.6) is 0 Å². The standard InChI is InChI=1S/C12H8Cl2N6OS2/c1-20-18-11(17-19-20)16-12(22)15-10(21)9-8(14)6-3-2-5(13)4-7(6)23-9/h2-4H,1H3,(H2,15,16,18,21,22). The summed E-state index contributed by atoms with van der Waals surface area (Å²) in [4.78, 5) is 13.9. The Kier molecular flexibility index (Phi) is 4.44. The van der Waals surface area contributed by atoms with Crippen LogP contribution in [-0.4, -0.2) is 31.2 Å². The van der Waals surface area contributed by atoms with E-state index in [2.05, 4.69) is 26.0 Å². The van der Waals surface area contributed by atoms with Crippen LogP contribution in [0.2, 0.25) is 10.0 Å². The van der Waals surface area contributed by atoms with Crippen molar-refractivity contribution in [3.8, 4) is 0 Å². The van der Waals surface area contributed by atoms with E-state index in [0.29, 0.717) is 14.9 Å². The van der Waals surface area contributed by atoms with Gasteiger partial charge < -0.3 is 0 Å². The highest BCUT2D eigenvalue weighted by molar-refractivity contribution is 7.80. The maximum atomic E-state index is 12.3. The molecule has 11 heteroatoms. The molecule has 0 atom stereocenters. The van der Waals surface area contributed by atoms with Crippen molar-refractivity contribution in [1.29, 1.82) is 0 Å². The summed E-state index contributed by atoms with van der Waals surface area (Å²) in [6.07, 6.45) is 0. The SMILES string of the molecule is Cn1nnc(NC(=S)NC(=O)c2sc3cc(Cl)ccc3c2Cl)n1. The second kappa shape index (κ2) is 6.36. The first-order chi connectivity index (χ1) is 10.9. The van der Waals surface area contributed by atoms with Crippen LogP contribution in [0.4, 0.5) is 5.95 Å². The van der Waals surface area contributed by atoms with Crippen molar-refractivity contribution in [3.63, 3.8) is 0 Å². The van der Waals surface area contributed by atoms with E-state index in [1.807, 2.05) is 0 Å². The van der Waals surface area contributed by atoms with Gasteiger partial charge in [0.05, 0.1) is 12.1 Å². The zero-order valence-electron chi connectivity index (χ0n) is 11.5. The minimum Gasteiger partial charge on any atom is -0.298 e. The molecule has 0 bridgehead atoms. The van der Waals surface area contributed by atoms with Gasteiger partial charge in [0.2, 0.25) is 0 Å². The second-order valence-electron chi connectivity index (χ2n) is 4.40. The van der Waals surface area contributed by atoms with Gasteiger partial charge in [0, 0.05) is 15.1 Å². The Hall–Kier alpha value is -1.81. The number of thiocarbonyl (C=S) groups is 1. The van der Waals surface area contributed by atoms with Crippen molar-refractivity contribution < 1.29 is 4.79 Å². The molecule has 0 saturated carbocycles. The van der Waals surface area contributed by atoms with Crippen LogP contribution in [0.25, 0.3) is 10.1 Å². The smallest absolute Gasteiger partial charge is 0.269 e. The third-order valence-electron chi connectivity index (χ3n) is 2.76. The van der Waals surface area contributed by atoms with Gasteiger partial charge in [-0.1, -0.05) is 34.4 Å². The van der Waals surface area contributed by atoms with Gasteiger partial charge in [-0.15, -0.1) is 16.4 Å². The summed E-state index contributed by atoms with van der Waals surface area (Å²) < 4.78 is 0.821. The van der Waals surface area contributed by atoms with Gasteiger partial charge in [-0.05, 0) is 29.6 Å². The molecule has 1 amide bonds. The second-order valence-corrected chi connectivity index (χ2v) is 6.67. The highest BCUT2D eigenvalue weighted by Crippen LogP contribution is 2.36. The number of anilines is 1. The number of halogens is 2. The molecule has 3 aromatic rings. The average molecular weight is 387 g/mol. The van der Waals surface area contributed by atoms with E-state index in [1.54, 1.807) is 25.2 Å². The zero-order valence-corrected chi connectivity index (χ0v) is 14.6. The Morgan fingerprint density at radius 3 is 2.87 bits per heavy atom. The number of rotatable bonds is 2. The molecule has 1 aromatic carbocycles. The Morgan fingerprint density at radius 1 is 1.39 bits per heavy atom. The van der Waals surface area contributed by atoms with Gasteiger partial charge in [0.25, 0.3) is 11.9 Å². The Labute approximate surface area is 149 Å². The molecule has 0 aliphatic rings. The monoisotopic (exact) mass is 386 g/mol. The van der Waals surface area contributed by atoms with Crippen molar-refractivity contribution >= 4 is 73.8 Å². The topological polar surface area (TPSA) is 84.7 Å². The lowest BCUT2D eigenvalue weighted by Crippen LogP contribution is -2.34. The van der Waals surface area contributed by atoms with Crippen molar-refractivity contribution in [2.24, 2.45) is 7.05 Å². The maximum absolute atomic E-state index is 12.3. The van der Waals surface area contributed by atoms with Crippen molar-refractivity contribution in [3.05, 3.63) is 33.1 Å². The Morgan fingerprint density at radius 2 is 2.17 bits per heavy atom. The van der Waals surface area contributed by atoms with E-state index >= 15 is 0 Å². The number of benzene rings is 1. The molecule has 118 valence electrons. The zero-order chi connectivity index (χ0) is 16.6. The van der Waals surface area contributed by atoms with E-state index in [1.165, 1.54) is 16.1 Å². The number of nitrogens with one attached hydrogen (secondary N) is 2. The highest BCUT2D eigenvalue weighted by Gasteiger charge is 2.18. The molecule has 0 fully saturated rings. The summed E-state index contributed by atoms with van der Waals surface area (Å²) in [5, 5.41) is 18.2. The largest absolute Gasteiger partial charge is 0.298 e. The molecule has 2 heterocycles. The predicted molar refractivity (Wildman–Crippen MR) is 94.3 cm³/mol. The fourth-order valence-corrected chi connectivity index (χ4v) is 3.68. The molecule has 7 nitrogen and oxygen atoms in total.